The van der Waals surface area contributed by atoms with Crippen LogP contribution in [0.4, 0.5) is 11.4 Å². The van der Waals surface area contributed by atoms with Crippen molar-refractivity contribution < 1.29 is 0 Å². The van der Waals surface area contributed by atoms with Crippen molar-refractivity contribution in [1.29, 1.82) is 5.26 Å². The molecule has 0 saturated heterocycles. The van der Waals surface area contributed by atoms with Gasteiger partial charge in [0.1, 0.15) is 11.6 Å². The molecule has 1 aromatic heterocycles. The molecule has 1 aliphatic rings. The summed E-state index contributed by atoms with van der Waals surface area (Å²) < 4.78 is 1.44. The highest BCUT2D eigenvalue weighted by molar-refractivity contribution is 6.35. The minimum Gasteiger partial charge on any atom is -0.378 e. The third-order valence-corrected chi connectivity index (χ3v) is 4.82. The van der Waals surface area contributed by atoms with E-state index < -0.39 is 0 Å². The van der Waals surface area contributed by atoms with Crippen molar-refractivity contribution in [3.8, 4) is 6.07 Å². The molecular weight excluding hydrogens is 362 g/mol. The second-order valence-corrected chi connectivity index (χ2v) is 6.98. The highest BCUT2D eigenvalue weighted by Gasteiger charge is 2.31. The molecule has 0 N–H and O–H groups in total. The van der Waals surface area contributed by atoms with Gasteiger partial charge in [-0.25, -0.2) is 14.5 Å². The van der Waals surface area contributed by atoms with Crippen molar-refractivity contribution >= 4 is 28.4 Å². The van der Waals surface area contributed by atoms with Gasteiger partial charge in [0.05, 0.1) is 5.69 Å². The van der Waals surface area contributed by atoms with E-state index in [1.54, 1.807) is 6.92 Å². The zero-order valence-corrected chi connectivity index (χ0v) is 16.4. The first-order chi connectivity index (χ1) is 14.0. The molecule has 0 bridgehead atoms. The van der Waals surface area contributed by atoms with Crippen molar-refractivity contribution in [2.75, 3.05) is 19.0 Å². The van der Waals surface area contributed by atoms with Crippen LogP contribution in [0.25, 0.3) is 11.1 Å². The van der Waals surface area contributed by atoms with Gasteiger partial charge in [0.25, 0.3) is 5.56 Å². The smallest absolute Gasteiger partial charge is 0.262 e. The molecule has 142 valence electrons. The lowest BCUT2D eigenvalue weighted by molar-refractivity contribution is 0.953. The number of benzene rings is 2. The molecule has 3 aromatic rings. The Balaban J connectivity index is 1.99. The van der Waals surface area contributed by atoms with Crippen LogP contribution in [-0.2, 0) is 0 Å². The Morgan fingerprint density at radius 2 is 1.76 bits per heavy atom. The second-order valence-electron chi connectivity index (χ2n) is 6.98. The Bertz CT molecular complexity index is 1240. The number of rotatable bonds is 3. The van der Waals surface area contributed by atoms with Crippen LogP contribution in [0, 0.1) is 18.3 Å². The largest absolute Gasteiger partial charge is 0.378 e. The number of hydrogen-bond donors (Lipinski definition) is 0. The Hall–Kier alpha value is -3.98. The summed E-state index contributed by atoms with van der Waals surface area (Å²) in [6, 6.07) is 19.4. The van der Waals surface area contributed by atoms with Crippen LogP contribution >= 0.6 is 0 Å². The van der Waals surface area contributed by atoms with E-state index in [-0.39, 0.29) is 5.56 Å². The number of nitriles is 1. The number of aliphatic imine (C=N–C) groups is 1. The fourth-order valence-electron chi connectivity index (χ4n) is 3.29. The summed E-state index contributed by atoms with van der Waals surface area (Å²) in [5.41, 5.74) is 3.78. The van der Waals surface area contributed by atoms with Gasteiger partial charge in [0.2, 0.25) is 0 Å². The lowest BCUT2D eigenvalue weighted by atomic mass is 10.0. The van der Waals surface area contributed by atoms with Crippen LogP contribution < -0.4 is 10.5 Å². The van der Waals surface area contributed by atoms with E-state index in [1.807, 2.05) is 73.6 Å². The highest BCUT2D eigenvalue weighted by Crippen LogP contribution is 2.34. The molecule has 0 saturated carbocycles. The van der Waals surface area contributed by atoms with E-state index in [1.165, 1.54) is 10.8 Å². The summed E-state index contributed by atoms with van der Waals surface area (Å²) >= 11 is 0. The number of fused-ring (bicyclic) bond motifs is 1. The van der Waals surface area contributed by atoms with Crippen LogP contribution in [-0.4, -0.2) is 29.5 Å². The van der Waals surface area contributed by atoms with Crippen molar-refractivity contribution in [1.82, 2.24) is 9.55 Å². The van der Waals surface area contributed by atoms with Gasteiger partial charge in [-0.3, -0.25) is 4.79 Å². The predicted octanol–water partition coefficient (Wildman–Crippen LogP) is 3.64. The first kappa shape index (κ1) is 18.4. The monoisotopic (exact) mass is 381 g/mol. The molecule has 4 rings (SSSR count). The summed E-state index contributed by atoms with van der Waals surface area (Å²) in [5.74, 6) is 0.743. The third-order valence-electron chi connectivity index (χ3n) is 4.82. The van der Waals surface area contributed by atoms with Gasteiger partial charge < -0.3 is 4.90 Å². The topological polar surface area (TPSA) is 74.3 Å². The summed E-state index contributed by atoms with van der Waals surface area (Å²) in [6.45, 7) is 1.71. The molecule has 0 aliphatic carbocycles. The first-order valence-corrected chi connectivity index (χ1v) is 9.17. The second kappa shape index (κ2) is 7.21. The van der Waals surface area contributed by atoms with Gasteiger partial charge in [-0.05, 0) is 36.8 Å². The van der Waals surface area contributed by atoms with Crippen LogP contribution in [0.1, 0.15) is 17.0 Å². The summed E-state index contributed by atoms with van der Waals surface area (Å²) in [7, 11) is 3.94. The molecule has 0 unspecified atom stereocenters. The molecule has 0 fully saturated rings. The maximum Gasteiger partial charge on any atom is 0.262 e. The fourth-order valence-corrected chi connectivity index (χ4v) is 3.29. The standard InChI is InChI=1S/C23H19N5O/c1-15-14-25-21-19(13-24)20(16-7-5-4-6-8-16)22(28(21)23(15)29)26-17-9-11-18(12-10-17)27(2)3/h4-12,14H,1-3H3/b26-22-. The molecule has 0 radical (unpaired) electrons. The van der Waals surface area contributed by atoms with Gasteiger partial charge in [0.15, 0.2) is 11.7 Å². The fraction of sp³-hybridized carbons (Fsp3) is 0.130. The van der Waals surface area contributed by atoms with E-state index in [2.05, 4.69) is 11.1 Å². The number of hydrogen-bond acceptors (Lipinski definition) is 5. The summed E-state index contributed by atoms with van der Waals surface area (Å²) in [6.07, 6.45) is 1.50. The normalized spacial score (nSPS) is 14.1. The minimum atomic E-state index is -0.225. The van der Waals surface area contributed by atoms with Gasteiger partial charge >= 0.3 is 0 Å². The summed E-state index contributed by atoms with van der Waals surface area (Å²) in [4.78, 5) is 24.1. The molecule has 1 aliphatic heterocycles. The maximum absolute atomic E-state index is 12.9. The predicted molar refractivity (Wildman–Crippen MR) is 115 cm³/mol. The number of allylic oxidation sites excluding steroid dienone is 2. The van der Waals surface area contributed by atoms with Gasteiger partial charge in [-0.15, -0.1) is 0 Å². The molecule has 0 amide bonds. The zero-order valence-electron chi connectivity index (χ0n) is 16.4. The summed E-state index contributed by atoms with van der Waals surface area (Å²) in [5, 5.41) is 9.86. The van der Waals surface area contributed by atoms with Crippen molar-refractivity contribution in [2.24, 2.45) is 4.99 Å². The lowest BCUT2D eigenvalue weighted by Gasteiger charge is -2.12. The number of aryl methyl sites for hydroxylation is 1. The lowest BCUT2D eigenvalue weighted by Crippen LogP contribution is -2.29. The Morgan fingerprint density at radius 3 is 2.38 bits per heavy atom. The molecule has 29 heavy (non-hydrogen) atoms. The van der Waals surface area contributed by atoms with Gasteiger partial charge in [0, 0.05) is 37.1 Å². The minimum absolute atomic E-state index is 0.225. The Labute approximate surface area is 168 Å². The SMILES string of the molecule is Cc1cnc2n(c1=O)/C(=N\c1ccc(N(C)C)cc1)C(c1ccccc1)=C2C#N. The Morgan fingerprint density at radius 1 is 1.07 bits per heavy atom. The average Bonchev–Trinajstić information content (AvgIpc) is 3.05. The van der Waals surface area contributed by atoms with E-state index in [0.717, 1.165) is 11.3 Å². The van der Waals surface area contributed by atoms with Crippen LogP contribution in [0.15, 0.2) is 70.6 Å². The van der Waals surface area contributed by atoms with Gasteiger partial charge in [-0.1, -0.05) is 30.3 Å². The zero-order chi connectivity index (χ0) is 20.5. The quantitative estimate of drug-likeness (QED) is 0.694. The van der Waals surface area contributed by atoms with E-state index in [4.69, 9.17) is 4.99 Å². The molecule has 2 aromatic carbocycles. The van der Waals surface area contributed by atoms with E-state index in [9.17, 15) is 10.1 Å². The van der Waals surface area contributed by atoms with Crippen molar-refractivity contribution in [3.63, 3.8) is 0 Å². The molecule has 6 nitrogen and oxygen atoms in total. The molecule has 6 heteroatoms. The van der Waals surface area contributed by atoms with Crippen LogP contribution in [0.3, 0.4) is 0 Å². The first-order valence-electron chi connectivity index (χ1n) is 9.17. The third kappa shape index (κ3) is 3.13. The molecule has 2 heterocycles. The van der Waals surface area contributed by atoms with E-state index in [0.29, 0.717) is 34.1 Å². The maximum atomic E-state index is 12.9. The van der Waals surface area contributed by atoms with Crippen molar-refractivity contribution in [2.45, 2.75) is 6.92 Å². The number of nitrogens with zero attached hydrogens (tertiary/aromatic N) is 5. The van der Waals surface area contributed by atoms with Crippen LogP contribution in [0.5, 0.6) is 0 Å². The average molecular weight is 381 g/mol. The Kier molecular flexibility index (Phi) is 4.57. The highest BCUT2D eigenvalue weighted by atomic mass is 16.1. The van der Waals surface area contributed by atoms with Crippen molar-refractivity contribution in [3.05, 3.63) is 88.1 Å². The number of aromatic nitrogens is 2. The molecular formula is C23H19N5O. The number of anilines is 1. The van der Waals surface area contributed by atoms with Gasteiger partial charge in [-0.2, -0.15) is 5.26 Å². The molecule has 0 atom stereocenters. The van der Waals surface area contributed by atoms with Crippen LogP contribution in [0.2, 0.25) is 0 Å². The molecule has 0 spiro atoms. The van der Waals surface area contributed by atoms with E-state index >= 15 is 0 Å².